The predicted molar refractivity (Wildman–Crippen MR) is 78.2 cm³/mol. The monoisotopic (exact) mass is 293 g/mol. The Morgan fingerprint density at radius 3 is 3.05 bits per heavy atom. The summed E-state index contributed by atoms with van der Waals surface area (Å²) < 4.78 is 5.44. The number of carbonyl (C=O) groups excluding carboxylic acids is 1. The summed E-state index contributed by atoms with van der Waals surface area (Å²) in [6.45, 7) is -0.00908. The van der Waals surface area contributed by atoms with E-state index in [-0.39, 0.29) is 17.7 Å². The van der Waals surface area contributed by atoms with Crippen LogP contribution in [0.5, 0.6) is 5.75 Å². The Morgan fingerprint density at radius 2 is 2.35 bits per heavy atom. The second-order valence-electron chi connectivity index (χ2n) is 4.36. The first-order valence-electron chi connectivity index (χ1n) is 6.39. The number of carbonyl (C=O) groups is 1. The van der Waals surface area contributed by atoms with Crippen LogP contribution < -0.4 is 10.1 Å². The van der Waals surface area contributed by atoms with Gasteiger partial charge in [0.1, 0.15) is 6.61 Å². The van der Waals surface area contributed by atoms with Gasteiger partial charge in [0.25, 0.3) is 0 Å². The summed E-state index contributed by atoms with van der Waals surface area (Å²) in [5, 5.41) is 2.98. The lowest BCUT2D eigenvalue weighted by Crippen LogP contribution is -2.13. The van der Waals surface area contributed by atoms with Gasteiger partial charge >= 0.3 is 0 Å². The highest BCUT2D eigenvalue weighted by atomic mass is 35.5. The van der Waals surface area contributed by atoms with E-state index in [2.05, 4.69) is 27.4 Å². The second-order valence-corrected chi connectivity index (χ2v) is 4.70. The lowest BCUT2D eigenvalue weighted by atomic mass is 10.0. The average Bonchev–Trinajstić information content (AvgIpc) is 2.47. The van der Waals surface area contributed by atoms with Gasteiger partial charge < -0.3 is 10.1 Å². The minimum absolute atomic E-state index is 0.00908. The van der Waals surface area contributed by atoms with Gasteiger partial charge in [-0.15, -0.1) is 0 Å². The fourth-order valence-electron chi connectivity index (χ4n) is 1.87. The summed E-state index contributed by atoms with van der Waals surface area (Å²) in [5.74, 6) is 0.896. The van der Waals surface area contributed by atoms with Crippen molar-refractivity contribution in [1.29, 1.82) is 0 Å². The van der Waals surface area contributed by atoms with E-state index in [4.69, 9.17) is 16.3 Å². The van der Waals surface area contributed by atoms with E-state index in [0.29, 0.717) is 18.0 Å². The van der Waals surface area contributed by atoms with Crippen molar-refractivity contribution in [3.8, 4) is 5.75 Å². The molecule has 0 spiro atoms. The van der Waals surface area contributed by atoms with Crippen molar-refractivity contribution in [2.45, 2.75) is 19.3 Å². The van der Waals surface area contributed by atoms with Gasteiger partial charge in [0, 0.05) is 13.5 Å². The number of anilines is 1. The van der Waals surface area contributed by atoms with Crippen molar-refractivity contribution in [1.82, 2.24) is 9.97 Å². The van der Waals surface area contributed by atoms with Crippen molar-refractivity contribution in [3.63, 3.8) is 0 Å². The highest BCUT2D eigenvalue weighted by Crippen LogP contribution is 2.22. The summed E-state index contributed by atoms with van der Waals surface area (Å²) in [4.78, 5) is 19.7. The van der Waals surface area contributed by atoms with Crippen molar-refractivity contribution in [2.75, 3.05) is 19.0 Å². The minimum atomic E-state index is -0.00908. The Kier molecular flexibility index (Phi) is 5.12. The molecule has 0 aliphatic heterocycles. The fraction of sp³-hybridized carbons (Fsp3) is 0.357. The molecule has 2 rings (SSSR count). The van der Waals surface area contributed by atoms with Crippen LogP contribution in [0.4, 0.5) is 5.82 Å². The molecular weight excluding hydrogens is 278 g/mol. The zero-order chi connectivity index (χ0) is 14.4. The third-order valence-corrected chi connectivity index (χ3v) is 3.01. The van der Waals surface area contributed by atoms with Crippen molar-refractivity contribution in [2.24, 2.45) is 0 Å². The molecule has 0 aromatic carbocycles. The lowest BCUT2D eigenvalue weighted by Gasteiger charge is -2.10. The number of ether oxygens (including phenoxy) is 1. The summed E-state index contributed by atoms with van der Waals surface area (Å²) in [5.41, 5.74) is 1.05. The maximum absolute atomic E-state index is 11.9. The Hall–Kier alpha value is -1.88. The molecule has 0 atom stereocenters. The van der Waals surface area contributed by atoms with Gasteiger partial charge in [0.15, 0.2) is 17.4 Å². The Bertz CT molecular complexity index is 555. The van der Waals surface area contributed by atoms with Gasteiger partial charge in [-0.2, -0.15) is 4.98 Å². The van der Waals surface area contributed by atoms with Crippen LogP contribution in [0.25, 0.3) is 0 Å². The molecule has 0 radical (unpaired) electrons. The molecule has 0 bridgehead atoms. The molecule has 0 unspecified atom stereocenters. The second kappa shape index (κ2) is 7.05. The third kappa shape index (κ3) is 4.06. The number of hydrogen-bond acceptors (Lipinski definition) is 5. The molecule has 1 N–H and O–H groups in total. The number of allylic oxidation sites excluding steroid dienone is 4. The van der Waals surface area contributed by atoms with E-state index in [9.17, 15) is 4.79 Å². The number of rotatable bonds is 6. The van der Waals surface area contributed by atoms with Gasteiger partial charge in [0.2, 0.25) is 5.28 Å². The summed E-state index contributed by atoms with van der Waals surface area (Å²) in [6, 6.07) is 0. The molecule has 0 saturated heterocycles. The molecule has 1 aromatic heterocycles. The normalized spacial score (nSPS) is 13.8. The average molecular weight is 294 g/mol. The molecule has 6 heteroatoms. The summed E-state index contributed by atoms with van der Waals surface area (Å²) >= 11 is 5.69. The third-order valence-electron chi connectivity index (χ3n) is 2.82. The molecule has 1 heterocycles. The van der Waals surface area contributed by atoms with Crippen LogP contribution in [-0.2, 0) is 4.79 Å². The van der Waals surface area contributed by atoms with Crippen LogP contribution in [0.2, 0.25) is 5.28 Å². The highest BCUT2D eigenvalue weighted by Gasteiger charge is 2.10. The smallest absolute Gasteiger partial charge is 0.224 e. The van der Waals surface area contributed by atoms with E-state index < -0.39 is 0 Å². The van der Waals surface area contributed by atoms with Crippen molar-refractivity contribution >= 4 is 23.2 Å². The Morgan fingerprint density at radius 1 is 1.50 bits per heavy atom. The number of nitrogens with one attached hydrogen (secondary N) is 1. The zero-order valence-electron chi connectivity index (χ0n) is 11.2. The van der Waals surface area contributed by atoms with Crippen LogP contribution in [0, 0.1) is 0 Å². The predicted octanol–water partition coefficient (Wildman–Crippen LogP) is 2.79. The standard InChI is InChI=1S/C14H16ClN3O2/c1-16-13-12(8-17-14(15)18-13)20-9-11(19)7-10-5-3-2-4-6-10/h3,5-6,8H,2,4,7,9H2,1H3,(H,16,17,18). The van der Waals surface area contributed by atoms with E-state index in [1.165, 1.54) is 6.20 Å². The molecular formula is C14H16ClN3O2. The molecule has 0 amide bonds. The molecule has 0 saturated carbocycles. The maximum Gasteiger partial charge on any atom is 0.224 e. The first kappa shape index (κ1) is 14.5. The quantitative estimate of drug-likeness (QED) is 0.817. The number of nitrogens with zero attached hydrogens (tertiary/aromatic N) is 2. The van der Waals surface area contributed by atoms with Gasteiger partial charge in [-0.25, -0.2) is 4.98 Å². The molecule has 106 valence electrons. The van der Waals surface area contributed by atoms with Gasteiger partial charge in [-0.3, -0.25) is 4.79 Å². The molecule has 1 aliphatic carbocycles. The van der Waals surface area contributed by atoms with Crippen molar-refractivity contribution in [3.05, 3.63) is 35.3 Å². The Balaban J connectivity index is 1.90. The van der Waals surface area contributed by atoms with Crippen LogP contribution in [0.1, 0.15) is 19.3 Å². The molecule has 0 fully saturated rings. The maximum atomic E-state index is 11.9. The highest BCUT2D eigenvalue weighted by molar-refractivity contribution is 6.28. The summed E-state index contributed by atoms with van der Waals surface area (Å²) in [6.07, 6.45) is 10.0. The van der Waals surface area contributed by atoms with Crippen LogP contribution in [0.3, 0.4) is 0 Å². The molecule has 1 aliphatic rings. The number of aromatic nitrogens is 2. The van der Waals surface area contributed by atoms with Crippen LogP contribution in [0.15, 0.2) is 30.0 Å². The summed E-state index contributed by atoms with van der Waals surface area (Å²) in [7, 11) is 1.70. The molecule has 5 nitrogen and oxygen atoms in total. The minimum Gasteiger partial charge on any atom is -0.480 e. The van der Waals surface area contributed by atoms with Crippen LogP contribution in [-0.4, -0.2) is 29.4 Å². The van der Waals surface area contributed by atoms with E-state index >= 15 is 0 Å². The number of Topliss-reactive ketones (excluding diaryl/α,β-unsaturated/α-hetero) is 1. The Labute approximate surface area is 122 Å². The van der Waals surface area contributed by atoms with E-state index in [1.807, 2.05) is 6.08 Å². The molecule has 1 aromatic rings. The molecule has 20 heavy (non-hydrogen) atoms. The zero-order valence-corrected chi connectivity index (χ0v) is 12.0. The van der Waals surface area contributed by atoms with Gasteiger partial charge in [-0.1, -0.05) is 18.2 Å². The first-order valence-corrected chi connectivity index (χ1v) is 6.77. The van der Waals surface area contributed by atoms with Crippen molar-refractivity contribution < 1.29 is 9.53 Å². The number of halogens is 1. The first-order chi connectivity index (χ1) is 9.69. The number of ketones is 1. The largest absolute Gasteiger partial charge is 0.480 e. The lowest BCUT2D eigenvalue weighted by molar-refractivity contribution is -0.120. The van der Waals surface area contributed by atoms with Crippen LogP contribution >= 0.6 is 11.6 Å². The van der Waals surface area contributed by atoms with E-state index in [1.54, 1.807) is 7.05 Å². The fourth-order valence-corrected chi connectivity index (χ4v) is 2.00. The van der Waals surface area contributed by atoms with Gasteiger partial charge in [0.05, 0.1) is 6.20 Å². The van der Waals surface area contributed by atoms with Gasteiger partial charge in [-0.05, 0) is 30.0 Å². The number of hydrogen-bond donors (Lipinski definition) is 1. The topological polar surface area (TPSA) is 64.1 Å². The van der Waals surface area contributed by atoms with E-state index in [0.717, 1.165) is 18.4 Å². The SMILES string of the molecule is CNc1nc(Cl)ncc1OCC(=O)CC1=CCCC=C1.